The molecular weight excluding hydrogens is 372 g/mol. The third-order valence-corrected chi connectivity index (χ3v) is 4.42. The molecule has 0 spiro atoms. The van der Waals surface area contributed by atoms with E-state index in [0.717, 1.165) is 17.7 Å². The van der Waals surface area contributed by atoms with Crippen molar-refractivity contribution in [2.45, 2.75) is 33.5 Å². The molecule has 1 heterocycles. The minimum Gasteiger partial charge on any atom is -0.489 e. The number of aromatic nitrogens is 2. The number of aryl methyl sites for hydroxylation is 2. The minimum absolute atomic E-state index is 0.0560. The normalized spacial score (nSPS) is 10.6. The molecule has 0 atom stereocenters. The van der Waals surface area contributed by atoms with Gasteiger partial charge in [0, 0.05) is 42.0 Å². The summed E-state index contributed by atoms with van der Waals surface area (Å²) >= 11 is 0. The van der Waals surface area contributed by atoms with E-state index in [4.69, 9.17) is 4.74 Å². The second-order valence-electron chi connectivity index (χ2n) is 6.58. The Kier molecular flexibility index (Phi) is 6.23. The van der Waals surface area contributed by atoms with Gasteiger partial charge in [-0.2, -0.15) is 5.10 Å². The fourth-order valence-electron chi connectivity index (χ4n) is 2.85. The number of ether oxygens (including phenoxy) is 1. The number of benzene rings is 2. The molecule has 0 bridgehead atoms. The Morgan fingerprint density at radius 3 is 2.76 bits per heavy atom. The summed E-state index contributed by atoms with van der Waals surface area (Å²) in [5.41, 5.74) is 2.89. The molecule has 0 saturated heterocycles. The molecule has 0 aliphatic heterocycles. The molecule has 1 amide bonds. The summed E-state index contributed by atoms with van der Waals surface area (Å²) < 4.78 is 7.53. The Bertz CT molecular complexity index is 1030. The van der Waals surface area contributed by atoms with Crippen molar-refractivity contribution < 1.29 is 14.5 Å². The largest absolute Gasteiger partial charge is 0.489 e. The smallest absolute Gasteiger partial charge is 0.272 e. The summed E-state index contributed by atoms with van der Waals surface area (Å²) in [4.78, 5) is 22.9. The van der Waals surface area contributed by atoms with Crippen molar-refractivity contribution in [2.24, 2.45) is 0 Å². The van der Waals surface area contributed by atoms with Gasteiger partial charge in [-0.15, -0.1) is 0 Å². The summed E-state index contributed by atoms with van der Waals surface area (Å²) in [7, 11) is 0. The quantitative estimate of drug-likeness (QED) is 0.465. The first-order valence-corrected chi connectivity index (χ1v) is 9.22. The first-order valence-electron chi connectivity index (χ1n) is 9.22. The van der Waals surface area contributed by atoms with Crippen LogP contribution in [0.3, 0.4) is 0 Å². The maximum absolute atomic E-state index is 12.4. The molecule has 0 unspecified atom stereocenters. The Balaban J connectivity index is 1.59. The number of amides is 1. The predicted octanol–water partition coefficient (Wildman–Crippen LogP) is 3.63. The number of nitrogens with one attached hydrogen (secondary N) is 1. The van der Waals surface area contributed by atoms with Crippen LogP contribution in [0.5, 0.6) is 5.75 Å². The Morgan fingerprint density at radius 2 is 2.07 bits per heavy atom. The lowest BCUT2D eigenvalue weighted by molar-refractivity contribution is -0.385. The van der Waals surface area contributed by atoms with Gasteiger partial charge in [-0.3, -0.25) is 19.6 Å². The molecule has 0 fully saturated rings. The van der Waals surface area contributed by atoms with Crippen LogP contribution in [0.4, 0.5) is 5.69 Å². The summed E-state index contributed by atoms with van der Waals surface area (Å²) in [6.07, 6.45) is 3.64. The topological polar surface area (TPSA) is 99.3 Å². The molecular formula is C21H22N4O4. The monoisotopic (exact) mass is 394 g/mol. The number of hydrogen-bond donors (Lipinski definition) is 1. The fourth-order valence-corrected chi connectivity index (χ4v) is 2.85. The van der Waals surface area contributed by atoms with Gasteiger partial charge in [0.15, 0.2) is 0 Å². The van der Waals surface area contributed by atoms with E-state index in [0.29, 0.717) is 23.4 Å². The van der Waals surface area contributed by atoms with Gasteiger partial charge in [-0.1, -0.05) is 12.1 Å². The van der Waals surface area contributed by atoms with Crippen LogP contribution in [0, 0.1) is 17.0 Å². The van der Waals surface area contributed by atoms with Crippen LogP contribution in [0.2, 0.25) is 0 Å². The molecule has 3 aromatic rings. The zero-order valence-corrected chi connectivity index (χ0v) is 16.3. The number of nitro benzene ring substituents is 1. The predicted molar refractivity (Wildman–Crippen MR) is 108 cm³/mol. The highest BCUT2D eigenvalue weighted by atomic mass is 16.6. The van der Waals surface area contributed by atoms with Gasteiger partial charge in [0.25, 0.3) is 11.6 Å². The Morgan fingerprint density at radius 1 is 1.24 bits per heavy atom. The summed E-state index contributed by atoms with van der Waals surface area (Å²) in [5, 5.41) is 18.0. The van der Waals surface area contributed by atoms with Gasteiger partial charge >= 0.3 is 0 Å². The molecule has 0 aliphatic carbocycles. The van der Waals surface area contributed by atoms with E-state index < -0.39 is 4.92 Å². The SMILES string of the molecule is CCn1cc(CNC(=O)c2cccc(COc3ccc([N+](=O)[O-])c(C)c3)c2)cn1. The summed E-state index contributed by atoms with van der Waals surface area (Å²) in [5.74, 6) is 0.359. The van der Waals surface area contributed by atoms with Crippen molar-refractivity contribution in [3.05, 3.63) is 87.2 Å². The lowest BCUT2D eigenvalue weighted by atomic mass is 10.1. The van der Waals surface area contributed by atoms with E-state index in [9.17, 15) is 14.9 Å². The van der Waals surface area contributed by atoms with Gasteiger partial charge in [-0.25, -0.2) is 0 Å². The van der Waals surface area contributed by atoms with E-state index in [1.54, 1.807) is 48.1 Å². The molecule has 8 nitrogen and oxygen atoms in total. The highest BCUT2D eigenvalue weighted by molar-refractivity contribution is 5.94. The molecule has 29 heavy (non-hydrogen) atoms. The highest BCUT2D eigenvalue weighted by Gasteiger charge is 2.11. The molecule has 0 aliphatic rings. The average molecular weight is 394 g/mol. The average Bonchev–Trinajstić information content (AvgIpc) is 3.18. The zero-order chi connectivity index (χ0) is 20.8. The second-order valence-corrected chi connectivity index (χ2v) is 6.58. The lowest BCUT2D eigenvalue weighted by Gasteiger charge is -2.09. The van der Waals surface area contributed by atoms with E-state index in [1.807, 2.05) is 19.2 Å². The van der Waals surface area contributed by atoms with Crippen molar-refractivity contribution in [3.63, 3.8) is 0 Å². The molecule has 8 heteroatoms. The second kappa shape index (κ2) is 9.01. The molecule has 2 aromatic carbocycles. The number of nitrogens with zero attached hydrogens (tertiary/aromatic N) is 3. The number of carbonyl (C=O) groups excluding carboxylic acids is 1. The third kappa shape index (κ3) is 5.19. The van der Waals surface area contributed by atoms with E-state index in [-0.39, 0.29) is 18.2 Å². The van der Waals surface area contributed by atoms with Gasteiger partial charge in [0.1, 0.15) is 12.4 Å². The maximum atomic E-state index is 12.4. The molecule has 150 valence electrons. The van der Waals surface area contributed by atoms with Crippen LogP contribution in [0.1, 0.15) is 34.0 Å². The molecule has 1 N–H and O–H groups in total. The fraction of sp³-hybridized carbons (Fsp3) is 0.238. The van der Waals surface area contributed by atoms with E-state index in [2.05, 4.69) is 10.4 Å². The van der Waals surface area contributed by atoms with Crippen LogP contribution in [0.25, 0.3) is 0 Å². The minimum atomic E-state index is -0.422. The molecule has 0 radical (unpaired) electrons. The lowest BCUT2D eigenvalue weighted by Crippen LogP contribution is -2.22. The van der Waals surface area contributed by atoms with Gasteiger partial charge in [0.2, 0.25) is 0 Å². The third-order valence-electron chi connectivity index (χ3n) is 4.42. The highest BCUT2D eigenvalue weighted by Crippen LogP contribution is 2.23. The van der Waals surface area contributed by atoms with Crippen molar-refractivity contribution in [3.8, 4) is 5.75 Å². The van der Waals surface area contributed by atoms with Crippen LogP contribution < -0.4 is 10.1 Å². The summed E-state index contributed by atoms with van der Waals surface area (Å²) in [6, 6.07) is 11.8. The van der Waals surface area contributed by atoms with Crippen molar-refractivity contribution >= 4 is 11.6 Å². The van der Waals surface area contributed by atoms with Gasteiger partial charge in [-0.05, 0) is 43.7 Å². The standard InChI is InChI=1S/C21H22N4O4/c1-3-24-13-17(12-23-24)11-22-21(26)18-6-4-5-16(10-18)14-29-19-7-8-20(25(27)28)15(2)9-19/h4-10,12-13H,3,11,14H2,1-2H3,(H,22,26). The molecule has 3 rings (SSSR count). The number of hydrogen-bond acceptors (Lipinski definition) is 5. The zero-order valence-electron chi connectivity index (χ0n) is 16.3. The van der Waals surface area contributed by atoms with Crippen molar-refractivity contribution in [2.75, 3.05) is 0 Å². The number of nitro groups is 1. The number of carbonyl (C=O) groups is 1. The Hall–Kier alpha value is -3.68. The van der Waals surface area contributed by atoms with Crippen LogP contribution in [0.15, 0.2) is 54.9 Å². The van der Waals surface area contributed by atoms with E-state index >= 15 is 0 Å². The van der Waals surface area contributed by atoms with E-state index in [1.165, 1.54) is 6.07 Å². The first-order chi connectivity index (χ1) is 14.0. The molecule has 1 aromatic heterocycles. The number of rotatable bonds is 8. The van der Waals surface area contributed by atoms with Crippen molar-refractivity contribution in [1.82, 2.24) is 15.1 Å². The van der Waals surface area contributed by atoms with Gasteiger partial charge < -0.3 is 10.1 Å². The van der Waals surface area contributed by atoms with Crippen LogP contribution in [-0.2, 0) is 19.7 Å². The van der Waals surface area contributed by atoms with Crippen LogP contribution in [-0.4, -0.2) is 20.6 Å². The molecule has 0 saturated carbocycles. The summed E-state index contributed by atoms with van der Waals surface area (Å²) in [6.45, 7) is 5.11. The van der Waals surface area contributed by atoms with Gasteiger partial charge in [0.05, 0.1) is 11.1 Å². The van der Waals surface area contributed by atoms with Crippen molar-refractivity contribution in [1.29, 1.82) is 0 Å². The first kappa shape index (κ1) is 20.1. The van der Waals surface area contributed by atoms with Crippen LogP contribution >= 0.6 is 0 Å². The Labute approximate surface area is 168 Å². The maximum Gasteiger partial charge on any atom is 0.272 e.